The van der Waals surface area contributed by atoms with Gasteiger partial charge in [0.1, 0.15) is 0 Å². The Labute approximate surface area is 62.9 Å². The minimum Gasteiger partial charge on any atom is -0.0812 e. The predicted molar refractivity (Wildman–Crippen MR) is 45.9 cm³/mol. The molecule has 0 heterocycles. The second-order valence-corrected chi connectivity index (χ2v) is 2.90. The first-order valence-corrected chi connectivity index (χ1v) is 3.77. The van der Waals surface area contributed by atoms with Crippen LogP contribution in [0.25, 0.3) is 0 Å². The Bertz CT molecular complexity index is 192. The van der Waals surface area contributed by atoms with Crippen molar-refractivity contribution < 1.29 is 0 Å². The summed E-state index contributed by atoms with van der Waals surface area (Å²) < 4.78 is 0. The van der Waals surface area contributed by atoms with Crippen LogP contribution in [0.4, 0.5) is 0 Å². The van der Waals surface area contributed by atoms with Gasteiger partial charge >= 0.3 is 0 Å². The highest BCUT2D eigenvalue weighted by Crippen LogP contribution is 2.10. The third-order valence-corrected chi connectivity index (χ3v) is 1.73. The lowest BCUT2D eigenvalue weighted by Gasteiger charge is -2.00. The molecule has 10 heavy (non-hydrogen) atoms. The fourth-order valence-corrected chi connectivity index (χ4v) is 0.973. The Hall–Kier alpha value is -0.780. The predicted octanol–water partition coefficient (Wildman–Crippen LogP) is 3.23. The molecule has 1 aliphatic carbocycles. The Morgan fingerprint density at radius 3 is 2.70 bits per heavy atom. The van der Waals surface area contributed by atoms with Gasteiger partial charge in [0.15, 0.2) is 0 Å². The maximum Gasteiger partial charge on any atom is -0.0136 e. The highest BCUT2D eigenvalue weighted by atomic mass is 14.0. The first kappa shape index (κ1) is 7.33. The minimum absolute atomic E-state index is 1.11. The molecule has 0 spiro atoms. The second kappa shape index (κ2) is 3.40. The molecule has 0 fully saturated rings. The standard InChI is InChI=1S/C10H14/c1-9-5-3-4-6-10(2)8-7-9/h3-5,8H,6-7H2,1-2H3. The smallest absolute Gasteiger partial charge is 0.0136 e. The molecule has 0 radical (unpaired) electrons. The number of allylic oxidation sites excluding steroid dienone is 6. The summed E-state index contributed by atoms with van der Waals surface area (Å²) in [5, 5.41) is 0. The Kier molecular flexibility index (Phi) is 2.49. The molecule has 0 N–H and O–H groups in total. The van der Waals surface area contributed by atoms with Crippen molar-refractivity contribution >= 4 is 0 Å². The summed E-state index contributed by atoms with van der Waals surface area (Å²) in [4.78, 5) is 0. The SMILES string of the molecule is CC1=CC=CCC(C)=CC1. The molecule has 0 nitrogen and oxygen atoms in total. The molecule has 1 aliphatic rings. The number of hydrogen-bond donors (Lipinski definition) is 0. The molecule has 0 bridgehead atoms. The van der Waals surface area contributed by atoms with Crippen molar-refractivity contribution in [1.29, 1.82) is 0 Å². The van der Waals surface area contributed by atoms with Gasteiger partial charge in [0.25, 0.3) is 0 Å². The van der Waals surface area contributed by atoms with Crippen molar-refractivity contribution in [1.82, 2.24) is 0 Å². The average Bonchev–Trinajstić information content (AvgIpc) is 1.90. The minimum atomic E-state index is 1.11. The molecule has 0 aromatic rings. The van der Waals surface area contributed by atoms with E-state index in [9.17, 15) is 0 Å². The fraction of sp³-hybridized carbons (Fsp3) is 0.400. The van der Waals surface area contributed by atoms with Crippen LogP contribution >= 0.6 is 0 Å². The van der Waals surface area contributed by atoms with Crippen LogP contribution in [0.15, 0.2) is 35.5 Å². The summed E-state index contributed by atoms with van der Waals surface area (Å²) in [5.74, 6) is 0. The van der Waals surface area contributed by atoms with Gasteiger partial charge in [-0.15, -0.1) is 0 Å². The summed E-state index contributed by atoms with van der Waals surface area (Å²) in [6, 6.07) is 0. The first-order valence-electron chi connectivity index (χ1n) is 3.77. The topological polar surface area (TPSA) is 0 Å². The van der Waals surface area contributed by atoms with E-state index in [1.807, 2.05) is 0 Å². The zero-order valence-electron chi connectivity index (χ0n) is 6.72. The highest BCUT2D eigenvalue weighted by molar-refractivity contribution is 5.20. The van der Waals surface area contributed by atoms with E-state index in [-0.39, 0.29) is 0 Å². The summed E-state index contributed by atoms with van der Waals surface area (Å²) >= 11 is 0. The molecule has 0 saturated carbocycles. The van der Waals surface area contributed by atoms with E-state index in [0.29, 0.717) is 0 Å². The zero-order chi connectivity index (χ0) is 7.40. The first-order chi connectivity index (χ1) is 4.79. The van der Waals surface area contributed by atoms with Crippen molar-refractivity contribution in [2.45, 2.75) is 26.7 Å². The van der Waals surface area contributed by atoms with E-state index >= 15 is 0 Å². The zero-order valence-corrected chi connectivity index (χ0v) is 6.72. The third kappa shape index (κ3) is 2.22. The lowest BCUT2D eigenvalue weighted by molar-refractivity contribution is 1.11. The maximum atomic E-state index is 2.30. The van der Waals surface area contributed by atoms with Crippen LogP contribution in [0.3, 0.4) is 0 Å². The van der Waals surface area contributed by atoms with E-state index in [2.05, 4.69) is 38.2 Å². The van der Waals surface area contributed by atoms with Gasteiger partial charge in [-0.05, 0) is 26.7 Å². The van der Waals surface area contributed by atoms with Crippen LogP contribution in [0, 0.1) is 0 Å². The van der Waals surface area contributed by atoms with Crippen LogP contribution in [-0.2, 0) is 0 Å². The van der Waals surface area contributed by atoms with Crippen molar-refractivity contribution in [2.75, 3.05) is 0 Å². The van der Waals surface area contributed by atoms with Gasteiger partial charge in [-0.3, -0.25) is 0 Å². The van der Waals surface area contributed by atoms with Crippen LogP contribution in [0.2, 0.25) is 0 Å². The Morgan fingerprint density at radius 2 is 1.90 bits per heavy atom. The highest BCUT2D eigenvalue weighted by Gasteiger charge is 1.90. The van der Waals surface area contributed by atoms with Crippen LogP contribution in [0.1, 0.15) is 26.7 Å². The molecular weight excluding hydrogens is 120 g/mol. The van der Waals surface area contributed by atoms with Crippen molar-refractivity contribution in [2.24, 2.45) is 0 Å². The molecule has 0 amide bonds. The summed E-state index contributed by atoms with van der Waals surface area (Å²) in [5.41, 5.74) is 2.92. The summed E-state index contributed by atoms with van der Waals surface area (Å²) in [7, 11) is 0. The monoisotopic (exact) mass is 134 g/mol. The largest absolute Gasteiger partial charge is 0.0812 e. The van der Waals surface area contributed by atoms with Gasteiger partial charge < -0.3 is 0 Å². The Balaban J connectivity index is 2.71. The third-order valence-electron chi connectivity index (χ3n) is 1.73. The van der Waals surface area contributed by atoms with E-state index in [1.54, 1.807) is 0 Å². The van der Waals surface area contributed by atoms with Crippen molar-refractivity contribution in [3.05, 3.63) is 35.5 Å². The quantitative estimate of drug-likeness (QED) is 0.446. The Morgan fingerprint density at radius 1 is 1.10 bits per heavy atom. The molecule has 0 unspecified atom stereocenters. The van der Waals surface area contributed by atoms with E-state index in [0.717, 1.165) is 12.8 Å². The summed E-state index contributed by atoms with van der Waals surface area (Å²) in [6.07, 6.45) is 11.1. The van der Waals surface area contributed by atoms with Crippen molar-refractivity contribution in [3.8, 4) is 0 Å². The molecule has 54 valence electrons. The van der Waals surface area contributed by atoms with E-state index < -0.39 is 0 Å². The van der Waals surface area contributed by atoms with E-state index in [4.69, 9.17) is 0 Å². The van der Waals surface area contributed by atoms with Crippen LogP contribution < -0.4 is 0 Å². The number of hydrogen-bond acceptors (Lipinski definition) is 0. The molecule has 0 aliphatic heterocycles. The molecule has 1 rings (SSSR count). The molecule has 0 aromatic carbocycles. The van der Waals surface area contributed by atoms with Gasteiger partial charge in [-0.2, -0.15) is 0 Å². The van der Waals surface area contributed by atoms with Gasteiger partial charge in [-0.25, -0.2) is 0 Å². The fourth-order valence-electron chi connectivity index (χ4n) is 0.973. The maximum absolute atomic E-state index is 2.30. The van der Waals surface area contributed by atoms with Crippen LogP contribution in [0.5, 0.6) is 0 Å². The second-order valence-electron chi connectivity index (χ2n) is 2.90. The number of rotatable bonds is 0. The summed E-state index contributed by atoms with van der Waals surface area (Å²) in [6.45, 7) is 4.35. The normalized spacial score (nSPS) is 19.0. The van der Waals surface area contributed by atoms with E-state index in [1.165, 1.54) is 11.1 Å². The molecule has 0 heteroatoms. The lowest BCUT2D eigenvalue weighted by Crippen LogP contribution is -1.79. The van der Waals surface area contributed by atoms with Crippen LogP contribution in [-0.4, -0.2) is 0 Å². The molecule has 0 aromatic heterocycles. The molecule has 0 saturated heterocycles. The van der Waals surface area contributed by atoms with Gasteiger partial charge in [0.05, 0.1) is 0 Å². The molecule has 0 atom stereocenters. The molecular formula is C10H14. The van der Waals surface area contributed by atoms with Gasteiger partial charge in [0, 0.05) is 0 Å². The average molecular weight is 134 g/mol. The van der Waals surface area contributed by atoms with Gasteiger partial charge in [-0.1, -0.05) is 35.5 Å². The van der Waals surface area contributed by atoms with Crippen molar-refractivity contribution in [3.63, 3.8) is 0 Å². The van der Waals surface area contributed by atoms with Gasteiger partial charge in [0.2, 0.25) is 0 Å². The lowest BCUT2D eigenvalue weighted by atomic mass is 10.1.